The normalized spacial score (nSPS) is 11.1. The molecule has 0 saturated heterocycles. The number of nitrogens with zero attached hydrogens (tertiary/aromatic N) is 1. The van der Waals surface area contributed by atoms with E-state index in [-0.39, 0.29) is 5.56 Å². The van der Waals surface area contributed by atoms with Gasteiger partial charge in [-0.3, -0.25) is 4.79 Å². The Morgan fingerprint density at radius 1 is 1.44 bits per heavy atom. The summed E-state index contributed by atoms with van der Waals surface area (Å²) in [6, 6.07) is 0. The molecule has 0 fully saturated rings. The van der Waals surface area contributed by atoms with E-state index in [1.807, 2.05) is 0 Å². The van der Waals surface area contributed by atoms with Crippen LogP contribution in [0.1, 0.15) is 45.1 Å². The average molecular weight is 334 g/mol. The second-order valence-corrected chi connectivity index (χ2v) is 5.55. The van der Waals surface area contributed by atoms with E-state index in [0.29, 0.717) is 5.92 Å². The van der Waals surface area contributed by atoms with Crippen LogP contribution in [0.15, 0.2) is 4.79 Å². The lowest BCUT2D eigenvalue weighted by Crippen LogP contribution is -2.19. The van der Waals surface area contributed by atoms with Crippen molar-refractivity contribution < 1.29 is 0 Å². The molecule has 90 valence electrons. The summed E-state index contributed by atoms with van der Waals surface area (Å²) in [5.41, 5.74) is 0.961. The fourth-order valence-corrected chi connectivity index (χ4v) is 2.02. The minimum Gasteiger partial charge on any atom is -0.310 e. The molecule has 0 spiro atoms. The smallest absolute Gasteiger partial charge is 0.264 e. The summed E-state index contributed by atoms with van der Waals surface area (Å²) in [7, 11) is 0. The van der Waals surface area contributed by atoms with Crippen molar-refractivity contribution in [2.45, 2.75) is 46.5 Å². The number of halogens is 1. The van der Waals surface area contributed by atoms with Crippen LogP contribution in [0.4, 0.5) is 0 Å². The topological polar surface area (TPSA) is 45.8 Å². The maximum absolute atomic E-state index is 11.7. The number of nitrogens with one attached hydrogen (secondary N) is 1. The summed E-state index contributed by atoms with van der Waals surface area (Å²) < 4.78 is 0.742. The highest BCUT2D eigenvalue weighted by molar-refractivity contribution is 14.1. The van der Waals surface area contributed by atoms with Crippen molar-refractivity contribution in [3.63, 3.8) is 0 Å². The molecule has 4 heteroatoms. The highest BCUT2D eigenvalue weighted by Gasteiger charge is 2.10. The van der Waals surface area contributed by atoms with Gasteiger partial charge in [-0.1, -0.05) is 27.2 Å². The molecule has 1 aromatic heterocycles. The van der Waals surface area contributed by atoms with Crippen LogP contribution in [-0.4, -0.2) is 9.97 Å². The third-order valence-corrected chi connectivity index (χ3v) is 3.46. The van der Waals surface area contributed by atoms with E-state index in [1.54, 1.807) is 0 Å². The molecule has 0 aliphatic rings. The van der Waals surface area contributed by atoms with Crippen LogP contribution in [-0.2, 0) is 12.8 Å². The van der Waals surface area contributed by atoms with Gasteiger partial charge in [-0.05, 0) is 41.4 Å². The van der Waals surface area contributed by atoms with Gasteiger partial charge in [0.1, 0.15) is 5.82 Å². The van der Waals surface area contributed by atoms with Crippen LogP contribution >= 0.6 is 22.6 Å². The van der Waals surface area contributed by atoms with E-state index >= 15 is 0 Å². The van der Waals surface area contributed by atoms with Gasteiger partial charge in [-0.15, -0.1) is 0 Å². The Balaban J connectivity index is 2.97. The van der Waals surface area contributed by atoms with E-state index in [9.17, 15) is 4.79 Å². The maximum Gasteiger partial charge on any atom is 0.264 e. The first-order valence-electron chi connectivity index (χ1n) is 5.82. The molecule has 0 amide bonds. The number of hydrogen-bond acceptors (Lipinski definition) is 2. The maximum atomic E-state index is 11.7. The van der Waals surface area contributed by atoms with Gasteiger partial charge >= 0.3 is 0 Å². The molecule has 0 aromatic carbocycles. The Labute approximate surface area is 110 Å². The molecule has 1 rings (SSSR count). The van der Waals surface area contributed by atoms with Crippen molar-refractivity contribution in [2.24, 2.45) is 5.92 Å². The van der Waals surface area contributed by atoms with Crippen molar-refractivity contribution in [2.75, 3.05) is 0 Å². The minimum absolute atomic E-state index is 0.0114. The summed E-state index contributed by atoms with van der Waals surface area (Å²) in [5.74, 6) is 1.37. The Bertz CT molecular complexity index is 398. The minimum atomic E-state index is 0.0114. The number of aromatic nitrogens is 2. The van der Waals surface area contributed by atoms with Gasteiger partial charge in [-0.2, -0.15) is 0 Å². The molecular weight excluding hydrogens is 315 g/mol. The Morgan fingerprint density at radius 3 is 2.69 bits per heavy atom. The Hall–Kier alpha value is -0.390. The van der Waals surface area contributed by atoms with Crippen molar-refractivity contribution in [3.05, 3.63) is 25.4 Å². The van der Waals surface area contributed by atoms with Gasteiger partial charge in [0, 0.05) is 6.42 Å². The SMILES string of the molecule is CCCCc1nc(CC(C)C)c(I)c(=O)[nH]1. The zero-order valence-electron chi connectivity index (χ0n) is 10.1. The van der Waals surface area contributed by atoms with Crippen LogP contribution in [0.25, 0.3) is 0 Å². The summed E-state index contributed by atoms with van der Waals surface area (Å²) in [6.45, 7) is 6.43. The molecule has 1 N–H and O–H groups in total. The van der Waals surface area contributed by atoms with Crippen LogP contribution in [0.2, 0.25) is 0 Å². The van der Waals surface area contributed by atoms with Crippen molar-refractivity contribution in [1.29, 1.82) is 0 Å². The number of H-pyrrole nitrogens is 1. The monoisotopic (exact) mass is 334 g/mol. The van der Waals surface area contributed by atoms with E-state index in [0.717, 1.165) is 40.8 Å². The quantitative estimate of drug-likeness (QED) is 0.842. The molecule has 0 radical (unpaired) electrons. The fourth-order valence-electron chi connectivity index (χ4n) is 1.54. The summed E-state index contributed by atoms with van der Waals surface area (Å²) >= 11 is 2.09. The van der Waals surface area contributed by atoms with Gasteiger partial charge in [0.05, 0.1) is 9.26 Å². The molecular formula is C12H19IN2O. The first-order valence-corrected chi connectivity index (χ1v) is 6.90. The third kappa shape index (κ3) is 3.88. The Morgan fingerprint density at radius 2 is 2.12 bits per heavy atom. The summed E-state index contributed by atoms with van der Waals surface area (Å²) in [4.78, 5) is 19.1. The second kappa shape index (κ2) is 6.37. The van der Waals surface area contributed by atoms with Crippen LogP contribution in [0.5, 0.6) is 0 Å². The average Bonchev–Trinajstić information content (AvgIpc) is 2.21. The van der Waals surface area contributed by atoms with E-state index in [2.05, 4.69) is 53.3 Å². The molecule has 1 heterocycles. The van der Waals surface area contributed by atoms with Crippen molar-refractivity contribution in [1.82, 2.24) is 9.97 Å². The predicted molar refractivity (Wildman–Crippen MR) is 74.7 cm³/mol. The molecule has 0 atom stereocenters. The molecule has 0 saturated carbocycles. The van der Waals surface area contributed by atoms with Gasteiger partial charge in [0.25, 0.3) is 5.56 Å². The molecule has 0 unspecified atom stereocenters. The van der Waals surface area contributed by atoms with Gasteiger partial charge in [0.2, 0.25) is 0 Å². The van der Waals surface area contributed by atoms with Gasteiger partial charge in [0.15, 0.2) is 0 Å². The lowest BCUT2D eigenvalue weighted by Gasteiger charge is -2.08. The number of aryl methyl sites for hydroxylation is 1. The largest absolute Gasteiger partial charge is 0.310 e. The number of unbranched alkanes of at least 4 members (excludes halogenated alkanes) is 1. The fraction of sp³-hybridized carbons (Fsp3) is 0.667. The van der Waals surface area contributed by atoms with E-state index in [4.69, 9.17) is 0 Å². The third-order valence-electron chi connectivity index (χ3n) is 2.35. The number of aromatic amines is 1. The molecule has 0 bridgehead atoms. The zero-order valence-corrected chi connectivity index (χ0v) is 12.3. The standard InChI is InChI=1S/C12H19IN2O/c1-4-5-6-10-14-9(7-8(2)3)11(13)12(16)15-10/h8H,4-7H2,1-3H3,(H,14,15,16). The molecule has 0 aliphatic carbocycles. The highest BCUT2D eigenvalue weighted by atomic mass is 127. The van der Waals surface area contributed by atoms with Crippen molar-refractivity contribution >= 4 is 22.6 Å². The van der Waals surface area contributed by atoms with Gasteiger partial charge in [-0.25, -0.2) is 4.98 Å². The molecule has 0 aliphatic heterocycles. The second-order valence-electron chi connectivity index (χ2n) is 4.47. The molecule has 3 nitrogen and oxygen atoms in total. The first kappa shape index (κ1) is 13.7. The number of rotatable bonds is 5. The highest BCUT2D eigenvalue weighted by Crippen LogP contribution is 2.11. The Kier molecular flexibility index (Phi) is 5.44. The van der Waals surface area contributed by atoms with Crippen molar-refractivity contribution in [3.8, 4) is 0 Å². The molecule has 16 heavy (non-hydrogen) atoms. The van der Waals surface area contributed by atoms with Crippen LogP contribution < -0.4 is 5.56 Å². The lowest BCUT2D eigenvalue weighted by molar-refractivity contribution is 0.622. The summed E-state index contributed by atoms with van der Waals surface area (Å²) in [5, 5.41) is 0. The van der Waals surface area contributed by atoms with Crippen LogP contribution in [0.3, 0.4) is 0 Å². The zero-order chi connectivity index (χ0) is 12.1. The van der Waals surface area contributed by atoms with Gasteiger partial charge < -0.3 is 4.98 Å². The molecule has 1 aromatic rings. The van der Waals surface area contributed by atoms with E-state index in [1.165, 1.54) is 0 Å². The number of hydrogen-bond donors (Lipinski definition) is 1. The van der Waals surface area contributed by atoms with E-state index < -0.39 is 0 Å². The van der Waals surface area contributed by atoms with Crippen LogP contribution in [0, 0.1) is 9.49 Å². The predicted octanol–water partition coefficient (Wildman–Crippen LogP) is 2.92. The lowest BCUT2D eigenvalue weighted by atomic mass is 10.1. The summed E-state index contributed by atoms with van der Waals surface area (Å²) in [6.07, 6.45) is 3.94. The first-order chi connectivity index (χ1) is 7.54.